The summed E-state index contributed by atoms with van der Waals surface area (Å²) in [6.45, 7) is 2.23. The van der Waals surface area contributed by atoms with Gasteiger partial charge in [0.2, 0.25) is 5.91 Å². The van der Waals surface area contributed by atoms with Crippen molar-refractivity contribution in [3.05, 3.63) is 29.6 Å². The summed E-state index contributed by atoms with van der Waals surface area (Å²) in [6, 6.07) is 4.10. The fourth-order valence-electron chi connectivity index (χ4n) is 1.73. The summed E-state index contributed by atoms with van der Waals surface area (Å²) >= 11 is 0. The highest BCUT2D eigenvalue weighted by molar-refractivity contribution is 5.79. The molecule has 4 nitrogen and oxygen atoms in total. The van der Waals surface area contributed by atoms with Crippen LogP contribution in [0.15, 0.2) is 18.2 Å². The van der Waals surface area contributed by atoms with Crippen LogP contribution in [0.1, 0.15) is 17.3 Å². The van der Waals surface area contributed by atoms with Gasteiger partial charge in [-0.2, -0.15) is 0 Å². The van der Waals surface area contributed by atoms with Crippen LogP contribution in [-0.2, 0) is 4.79 Å². The number of aldehydes is 1. The zero-order valence-electron chi connectivity index (χ0n) is 10.7. The number of carbonyl (C=O) groups excluding carboxylic acids is 2. The van der Waals surface area contributed by atoms with E-state index < -0.39 is 5.82 Å². The molecule has 0 saturated heterocycles. The molecule has 98 valence electrons. The summed E-state index contributed by atoms with van der Waals surface area (Å²) in [6.07, 6.45) is 0.600. The van der Waals surface area contributed by atoms with Crippen molar-refractivity contribution in [2.75, 3.05) is 25.5 Å². The number of halogens is 1. The van der Waals surface area contributed by atoms with Crippen molar-refractivity contribution in [2.24, 2.45) is 5.92 Å². The molecular formula is C13H17FN2O2. The van der Waals surface area contributed by atoms with E-state index in [1.807, 2.05) is 0 Å². The van der Waals surface area contributed by atoms with Crippen molar-refractivity contribution >= 4 is 17.9 Å². The number of nitrogens with one attached hydrogen (secondary N) is 1. The van der Waals surface area contributed by atoms with Gasteiger partial charge in [0.25, 0.3) is 0 Å². The van der Waals surface area contributed by atoms with Crippen LogP contribution in [0, 0.1) is 11.7 Å². The van der Waals surface area contributed by atoms with Crippen molar-refractivity contribution in [1.29, 1.82) is 0 Å². The van der Waals surface area contributed by atoms with E-state index >= 15 is 0 Å². The highest BCUT2D eigenvalue weighted by Gasteiger charge is 2.14. The summed E-state index contributed by atoms with van der Waals surface area (Å²) in [5, 5.41) is 2.56. The van der Waals surface area contributed by atoms with Gasteiger partial charge in [0.15, 0.2) is 0 Å². The number of nitrogens with zero attached hydrogens (tertiary/aromatic N) is 1. The van der Waals surface area contributed by atoms with Gasteiger partial charge in [0.1, 0.15) is 12.1 Å². The molecule has 0 aliphatic heterocycles. The number of amides is 1. The second-order valence-electron chi connectivity index (χ2n) is 4.26. The number of rotatable bonds is 5. The molecule has 18 heavy (non-hydrogen) atoms. The van der Waals surface area contributed by atoms with Crippen molar-refractivity contribution < 1.29 is 14.0 Å². The van der Waals surface area contributed by atoms with Gasteiger partial charge in [0, 0.05) is 31.9 Å². The summed E-state index contributed by atoms with van der Waals surface area (Å²) in [5.74, 6) is -0.758. The van der Waals surface area contributed by atoms with Gasteiger partial charge in [-0.25, -0.2) is 4.39 Å². The average molecular weight is 252 g/mol. The first-order valence-corrected chi connectivity index (χ1v) is 5.66. The summed E-state index contributed by atoms with van der Waals surface area (Å²) < 4.78 is 13.3. The van der Waals surface area contributed by atoms with Gasteiger partial charge in [-0.3, -0.25) is 9.59 Å². The quantitative estimate of drug-likeness (QED) is 0.807. The minimum atomic E-state index is -0.464. The molecule has 1 aromatic rings. The zero-order chi connectivity index (χ0) is 13.7. The smallest absolute Gasteiger partial charge is 0.224 e. The molecule has 1 atom stereocenters. The zero-order valence-corrected chi connectivity index (χ0v) is 10.7. The highest BCUT2D eigenvalue weighted by atomic mass is 19.1. The maximum absolute atomic E-state index is 13.3. The van der Waals surface area contributed by atoms with Gasteiger partial charge in [-0.05, 0) is 18.2 Å². The lowest BCUT2D eigenvalue weighted by Gasteiger charge is -2.23. The van der Waals surface area contributed by atoms with Crippen LogP contribution in [0.5, 0.6) is 0 Å². The molecule has 0 aromatic heterocycles. The van der Waals surface area contributed by atoms with E-state index in [-0.39, 0.29) is 17.4 Å². The van der Waals surface area contributed by atoms with E-state index in [9.17, 15) is 14.0 Å². The predicted octanol–water partition coefficient (Wildman–Crippen LogP) is 1.46. The average Bonchev–Trinajstić information content (AvgIpc) is 2.36. The first kappa shape index (κ1) is 14.2. The molecule has 1 unspecified atom stereocenters. The van der Waals surface area contributed by atoms with Crippen molar-refractivity contribution in [3.63, 3.8) is 0 Å². The van der Waals surface area contributed by atoms with E-state index in [1.165, 1.54) is 12.1 Å². The lowest BCUT2D eigenvalue weighted by atomic mass is 10.1. The molecule has 1 amide bonds. The van der Waals surface area contributed by atoms with Gasteiger partial charge >= 0.3 is 0 Å². The SMILES string of the molecule is CNC(=O)C(C)CN(C)c1cc(F)cc(C=O)c1. The van der Waals surface area contributed by atoms with Gasteiger partial charge in [-0.1, -0.05) is 6.92 Å². The topological polar surface area (TPSA) is 49.4 Å². The Morgan fingerprint density at radius 3 is 2.72 bits per heavy atom. The van der Waals surface area contributed by atoms with E-state index in [0.717, 1.165) is 0 Å². The van der Waals surface area contributed by atoms with Crippen molar-refractivity contribution in [3.8, 4) is 0 Å². The monoisotopic (exact) mass is 252 g/mol. The second-order valence-corrected chi connectivity index (χ2v) is 4.26. The number of benzene rings is 1. The van der Waals surface area contributed by atoms with Crippen LogP contribution >= 0.6 is 0 Å². The van der Waals surface area contributed by atoms with E-state index in [4.69, 9.17) is 0 Å². The third-order valence-corrected chi connectivity index (χ3v) is 2.72. The minimum absolute atomic E-state index is 0.0751. The fraction of sp³-hybridized carbons (Fsp3) is 0.385. The van der Waals surface area contributed by atoms with E-state index in [0.29, 0.717) is 18.5 Å². The molecular weight excluding hydrogens is 235 g/mol. The Balaban J connectivity index is 2.83. The molecule has 0 aliphatic carbocycles. The summed E-state index contributed by atoms with van der Waals surface area (Å²) in [4.78, 5) is 23.8. The van der Waals surface area contributed by atoms with Crippen molar-refractivity contribution in [1.82, 2.24) is 5.32 Å². The Hall–Kier alpha value is -1.91. The largest absolute Gasteiger partial charge is 0.374 e. The predicted molar refractivity (Wildman–Crippen MR) is 68.3 cm³/mol. The first-order chi connectivity index (χ1) is 8.47. The Bertz CT molecular complexity index is 449. The second kappa shape index (κ2) is 6.14. The Morgan fingerprint density at radius 1 is 1.50 bits per heavy atom. The Kier molecular flexibility index (Phi) is 4.83. The third kappa shape index (κ3) is 3.55. The molecule has 0 saturated carbocycles. The molecule has 1 rings (SSSR count). The van der Waals surface area contributed by atoms with Crippen LogP contribution in [-0.4, -0.2) is 32.8 Å². The van der Waals surface area contributed by atoms with Gasteiger partial charge in [0.05, 0.1) is 5.92 Å². The van der Waals surface area contributed by atoms with Crippen LogP contribution in [0.4, 0.5) is 10.1 Å². The fourth-order valence-corrected chi connectivity index (χ4v) is 1.73. The number of anilines is 1. The molecule has 0 aliphatic rings. The van der Waals surface area contributed by atoms with Crippen LogP contribution in [0.3, 0.4) is 0 Å². The van der Waals surface area contributed by atoms with Crippen LogP contribution < -0.4 is 10.2 Å². The van der Waals surface area contributed by atoms with Gasteiger partial charge < -0.3 is 10.2 Å². The minimum Gasteiger partial charge on any atom is -0.374 e. The lowest BCUT2D eigenvalue weighted by Crippen LogP contribution is -2.34. The third-order valence-electron chi connectivity index (χ3n) is 2.72. The van der Waals surface area contributed by atoms with Crippen LogP contribution in [0.25, 0.3) is 0 Å². The molecule has 0 spiro atoms. The molecule has 1 N–H and O–H groups in total. The maximum Gasteiger partial charge on any atom is 0.224 e. The lowest BCUT2D eigenvalue weighted by molar-refractivity contribution is -0.123. The van der Waals surface area contributed by atoms with Crippen LogP contribution in [0.2, 0.25) is 0 Å². The number of hydrogen-bond acceptors (Lipinski definition) is 3. The summed E-state index contributed by atoms with van der Waals surface area (Å²) in [7, 11) is 3.33. The molecule has 0 fully saturated rings. The highest BCUT2D eigenvalue weighted by Crippen LogP contribution is 2.17. The standard InChI is InChI=1S/C13H17FN2O2/c1-9(13(18)15-2)7-16(3)12-5-10(8-17)4-11(14)6-12/h4-6,8-9H,7H2,1-3H3,(H,15,18). The number of hydrogen-bond donors (Lipinski definition) is 1. The van der Waals surface area contributed by atoms with E-state index in [1.54, 1.807) is 32.0 Å². The van der Waals surface area contributed by atoms with Crippen molar-refractivity contribution in [2.45, 2.75) is 6.92 Å². The maximum atomic E-state index is 13.3. The molecule has 5 heteroatoms. The Morgan fingerprint density at radius 2 is 2.17 bits per heavy atom. The molecule has 1 aromatic carbocycles. The number of carbonyl (C=O) groups is 2. The van der Waals surface area contributed by atoms with Gasteiger partial charge in [-0.15, -0.1) is 0 Å². The summed E-state index contributed by atoms with van der Waals surface area (Å²) in [5.41, 5.74) is 0.859. The first-order valence-electron chi connectivity index (χ1n) is 5.66. The normalized spacial score (nSPS) is 11.8. The molecule has 0 bridgehead atoms. The molecule has 0 heterocycles. The van der Waals surface area contributed by atoms with E-state index in [2.05, 4.69) is 5.32 Å². The molecule has 0 radical (unpaired) electrons. The Labute approximate surface area is 106 Å².